The van der Waals surface area contributed by atoms with Crippen LogP contribution in [0.3, 0.4) is 0 Å². The molecule has 0 saturated heterocycles. The van der Waals surface area contributed by atoms with Gasteiger partial charge in [-0.25, -0.2) is 13.8 Å². The molecule has 3 nitrogen and oxygen atoms in total. The quantitative estimate of drug-likeness (QED) is 0.877. The lowest BCUT2D eigenvalue weighted by Crippen LogP contribution is -2.22. The lowest BCUT2D eigenvalue weighted by Gasteiger charge is -2.19. The number of halogens is 2. The Labute approximate surface area is 123 Å². The maximum atomic E-state index is 13.5. The fourth-order valence-electron chi connectivity index (χ4n) is 2.10. The van der Waals surface area contributed by atoms with E-state index in [0.717, 1.165) is 36.7 Å². The van der Waals surface area contributed by atoms with Gasteiger partial charge in [-0.15, -0.1) is 0 Å². The normalized spacial score (nSPS) is 10.5. The van der Waals surface area contributed by atoms with Crippen molar-refractivity contribution < 1.29 is 8.78 Å². The lowest BCUT2D eigenvalue weighted by atomic mass is 10.2. The van der Waals surface area contributed by atoms with Gasteiger partial charge in [-0.05, 0) is 44.2 Å². The molecule has 1 heterocycles. The third-order valence-electron chi connectivity index (χ3n) is 3.33. The van der Waals surface area contributed by atoms with E-state index in [-0.39, 0.29) is 6.54 Å². The molecular formula is C16H19F2N3. The molecule has 0 radical (unpaired) electrons. The third kappa shape index (κ3) is 3.90. The Morgan fingerprint density at radius 1 is 1.10 bits per heavy atom. The molecule has 0 unspecified atom stereocenters. The van der Waals surface area contributed by atoms with E-state index in [0.29, 0.717) is 5.56 Å². The maximum absolute atomic E-state index is 13.5. The van der Waals surface area contributed by atoms with E-state index < -0.39 is 11.6 Å². The summed E-state index contributed by atoms with van der Waals surface area (Å²) in [4.78, 5) is 6.50. The second-order valence-corrected chi connectivity index (χ2v) is 4.67. The first kappa shape index (κ1) is 15.2. The molecule has 0 saturated carbocycles. The first-order valence-corrected chi connectivity index (χ1v) is 7.02. The van der Waals surface area contributed by atoms with E-state index >= 15 is 0 Å². The Morgan fingerprint density at radius 3 is 2.48 bits per heavy atom. The van der Waals surface area contributed by atoms with Crippen molar-refractivity contribution in [2.75, 3.05) is 23.3 Å². The Balaban J connectivity index is 2.02. The van der Waals surface area contributed by atoms with Crippen molar-refractivity contribution in [1.29, 1.82) is 0 Å². The molecule has 0 aliphatic carbocycles. The summed E-state index contributed by atoms with van der Waals surface area (Å²) in [7, 11) is 0. The summed E-state index contributed by atoms with van der Waals surface area (Å²) in [6.07, 6.45) is 1.70. The Morgan fingerprint density at radius 2 is 1.86 bits per heavy atom. The molecule has 0 fully saturated rings. The van der Waals surface area contributed by atoms with Crippen LogP contribution in [-0.2, 0) is 6.54 Å². The first-order chi connectivity index (χ1) is 10.1. The molecule has 1 N–H and O–H groups in total. The number of pyridine rings is 1. The van der Waals surface area contributed by atoms with Gasteiger partial charge < -0.3 is 10.2 Å². The fourth-order valence-corrected chi connectivity index (χ4v) is 2.10. The Kier molecular flexibility index (Phi) is 5.09. The summed E-state index contributed by atoms with van der Waals surface area (Å²) in [6, 6.07) is 7.24. The number of aromatic nitrogens is 1. The molecule has 0 amide bonds. The SMILES string of the molecule is CCN(CC)c1ccc(NCc2cc(F)ccc2F)cn1. The summed E-state index contributed by atoms with van der Waals surface area (Å²) in [6.45, 7) is 6.15. The van der Waals surface area contributed by atoms with E-state index in [1.807, 2.05) is 12.1 Å². The van der Waals surface area contributed by atoms with E-state index in [2.05, 4.69) is 29.0 Å². The molecule has 0 aliphatic heterocycles. The van der Waals surface area contributed by atoms with Gasteiger partial charge in [0, 0.05) is 25.2 Å². The van der Waals surface area contributed by atoms with Crippen LogP contribution < -0.4 is 10.2 Å². The van der Waals surface area contributed by atoms with Crippen LogP contribution in [0.2, 0.25) is 0 Å². The van der Waals surface area contributed by atoms with E-state index in [1.165, 1.54) is 6.07 Å². The van der Waals surface area contributed by atoms with Crippen molar-refractivity contribution in [3.8, 4) is 0 Å². The zero-order valence-electron chi connectivity index (χ0n) is 12.2. The number of benzene rings is 1. The van der Waals surface area contributed by atoms with Gasteiger partial charge in [0.05, 0.1) is 11.9 Å². The fraction of sp³-hybridized carbons (Fsp3) is 0.312. The second-order valence-electron chi connectivity index (χ2n) is 4.67. The van der Waals surface area contributed by atoms with Crippen molar-refractivity contribution in [3.05, 3.63) is 53.7 Å². The summed E-state index contributed by atoms with van der Waals surface area (Å²) in [5.41, 5.74) is 1.07. The van der Waals surface area contributed by atoms with Crippen LogP contribution in [0, 0.1) is 11.6 Å². The molecule has 2 aromatic rings. The van der Waals surface area contributed by atoms with E-state index in [1.54, 1.807) is 6.20 Å². The molecule has 2 rings (SSSR count). The second kappa shape index (κ2) is 7.02. The van der Waals surface area contributed by atoms with Gasteiger partial charge in [0.1, 0.15) is 17.5 Å². The highest BCUT2D eigenvalue weighted by Crippen LogP contribution is 2.16. The predicted molar refractivity (Wildman–Crippen MR) is 81.5 cm³/mol. The highest BCUT2D eigenvalue weighted by atomic mass is 19.1. The Bertz CT molecular complexity index is 581. The number of nitrogens with one attached hydrogen (secondary N) is 1. The summed E-state index contributed by atoms with van der Waals surface area (Å²) >= 11 is 0. The highest BCUT2D eigenvalue weighted by molar-refractivity contribution is 5.48. The molecule has 1 aromatic heterocycles. The molecule has 1 aromatic carbocycles. The molecule has 0 spiro atoms. The summed E-state index contributed by atoms with van der Waals surface area (Å²) < 4.78 is 26.6. The van der Waals surface area contributed by atoms with Gasteiger partial charge in [0.25, 0.3) is 0 Å². The number of hydrogen-bond donors (Lipinski definition) is 1. The van der Waals surface area contributed by atoms with Gasteiger partial charge in [-0.2, -0.15) is 0 Å². The van der Waals surface area contributed by atoms with Crippen LogP contribution in [0.1, 0.15) is 19.4 Å². The van der Waals surface area contributed by atoms with Crippen LogP contribution in [0.15, 0.2) is 36.5 Å². The third-order valence-corrected chi connectivity index (χ3v) is 3.33. The largest absolute Gasteiger partial charge is 0.380 e. The van der Waals surface area contributed by atoms with Crippen LogP contribution >= 0.6 is 0 Å². The van der Waals surface area contributed by atoms with Gasteiger partial charge >= 0.3 is 0 Å². The van der Waals surface area contributed by atoms with Crippen LogP contribution in [-0.4, -0.2) is 18.1 Å². The minimum atomic E-state index is -0.441. The lowest BCUT2D eigenvalue weighted by molar-refractivity contribution is 0.587. The average Bonchev–Trinajstić information content (AvgIpc) is 2.51. The van der Waals surface area contributed by atoms with Crippen molar-refractivity contribution in [2.45, 2.75) is 20.4 Å². The topological polar surface area (TPSA) is 28.2 Å². The highest BCUT2D eigenvalue weighted by Gasteiger charge is 2.05. The number of rotatable bonds is 6. The van der Waals surface area contributed by atoms with E-state index in [9.17, 15) is 8.78 Å². The average molecular weight is 291 g/mol. The molecule has 5 heteroatoms. The molecule has 0 atom stereocenters. The van der Waals surface area contributed by atoms with Gasteiger partial charge in [-0.1, -0.05) is 0 Å². The van der Waals surface area contributed by atoms with Crippen molar-refractivity contribution in [2.24, 2.45) is 0 Å². The number of anilines is 2. The first-order valence-electron chi connectivity index (χ1n) is 7.02. The minimum Gasteiger partial charge on any atom is -0.380 e. The summed E-state index contributed by atoms with van der Waals surface area (Å²) in [5, 5.41) is 3.04. The summed E-state index contributed by atoms with van der Waals surface area (Å²) in [5.74, 6) is 0.0438. The van der Waals surface area contributed by atoms with Gasteiger partial charge in [0.2, 0.25) is 0 Å². The zero-order chi connectivity index (χ0) is 15.2. The zero-order valence-corrected chi connectivity index (χ0v) is 12.2. The standard InChI is InChI=1S/C16H19F2N3/c1-3-21(4-2)16-8-6-14(11-20-16)19-10-12-9-13(17)5-7-15(12)18/h5-9,11,19H,3-4,10H2,1-2H3. The monoisotopic (exact) mass is 291 g/mol. The maximum Gasteiger partial charge on any atom is 0.128 e. The van der Waals surface area contributed by atoms with Crippen LogP contribution in [0.25, 0.3) is 0 Å². The predicted octanol–water partition coefficient (Wildman–Crippen LogP) is 3.82. The molecule has 0 aliphatic rings. The number of hydrogen-bond acceptors (Lipinski definition) is 3. The number of nitrogens with zero attached hydrogens (tertiary/aromatic N) is 2. The van der Waals surface area contributed by atoms with Crippen LogP contribution in [0.4, 0.5) is 20.3 Å². The minimum absolute atomic E-state index is 0.218. The van der Waals surface area contributed by atoms with Gasteiger partial charge in [0.15, 0.2) is 0 Å². The Hall–Kier alpha value is -2.17. The molecular weight excluding hydrogens is 272 g/mol. The van der Waals surface area contributed by atoms with Crippen molar-refractivity contribution >= 4 is 11.5 Å². The molecule has 21 heavy (non-hydrogen) atoms. The molecule has 0 bridgehead atoms. The van der Waals surface area contributed by atoms with Crippen molar-refractivity contribution in [3.63, 3.8) is 0 Å². The van der Waals surface area contributed by atoms with Crippen molar-refractivity contribution in [1.82, 2.24) is 4.98 Å². The smallest absolute Gasteiger partial charge is 0.128 e. The van der Waals surface area contributed by atoms with E-state index in [4.69, 9.17) is 0 Å². The van der Waals surface area contributed by atoms with Gasteiger partial charge in [-0.3, -0.25) is 0 Å². The van der Waals surface area contributed by atoms with Crippen LogP contribution in [0.5, 0.6) is 0 Å². The molecule has 112 valence electrons.